The molecule has 0 bridgehead atoms. The van der Waals surface area contributed by atoms with Crippen LogP contribution in [0.3, 0.4) is 0 Å². The van der Waals surface area contributed by atoms with E-state index in [0.717, 1.165) is 12.5 Å². The molecular formula is C19H28ClF2N5O3S2. The minimum absolute atomic E-state index is 0.00709. The normalized spacial score (nSPS) is 14.6. The summed E-state index contributed by atoms with van der Waals surface area (Å²) in [5.41, 5.74) is -0.249. The van der Waals surface area contributed by atoms with Gasteiger partial charge < -0.3 is 10.4 Å². The van der Waals surface area contributed by atoms with Crippen molar-refractivity contribution in [2.75, 3.05) is 34.9 Å². The number of hydrogen-bond acceptors (Lipinski definition) is 7. The number of alkyl halides is 2. The highest BCUT2D eigenvalue weighted by molar-refractivity contribution is 8.15. The van der Waals surface area contributed by atoms with E-state index < -0.39 is 27.2 Å². The number of hydrogen-bond donors (Lipinski definition) is 4. The summed E-state index contributed by atoms with van der Waals surface area (Å²) in [6, 6.07) is 5.01. The molecule has 2 aromatic rings. The zero-order valence-electron chi connectivity index (χ0n) is 18.2. The molecule has 1 aromatic carbocycles. The topological polar surface area (TPSA) is 120 Å². The van der Waals surface area contributed by atoms with E-state index in [4.69, 9.17) is 11.6 Å². The molecule has 8 nitrogen and oxygen atoms in total. The highest BCUT2D eigenvalue weighted by Gasteiger charge is 2.32. The van der Waals surface area contributed by atoms with Crippen LogP contribution in [0.1, 0.15) is 25.8 Å². The van der Waals surface area contributed by atoms with Crippen molar-refractivity contribution < 1.29 is 22.6 Å². The summed E-state index contributed by atoms with van der Waals surface area (Å²) in [5, 5.41) is 12.7. The van der Waals surface area contributed by atoms with Crippen LogP contribution in [0.5, 0.6) is 0 Å². The van der Waals surface area contributed by atoms with Crippen molar-refractivity contribution in [3.05, 3.63) is 34.9 Å². The number of aliphatic hydroxyl groups excluding tert-OH is 1. The number of nitrogens with one attached hydrogen (secondary N) is 2. The van der Waals surface area contributed by atoms with E-state index >= 15 is 0 Å². The first kappa shape index (κ1) is 26.7. The summed E-state index contributed by atoms with van der Waals surface area (Å²) < 4.78 is 54.0. The van der Waals surface area contributed by atoms with Crippen molar-refractivity contribution in [2.24, 2.45) is 5.92 Å². The number of aromatic nitrogens is 3. The van der Waals surface area contributed by atoms with Gasteiger partial charge in [-0.1, -0.05) is 49.3 Å². The third-order valence-corrected chi connectivity index (χ3v) is 5.88. The maximum absolute atomic E-state index is 14.7. The summed E-state index contributed by atoms with van der Waals surface area (Å²) >= 11 is 6.48. The molecule has 2 rings (SSSR count). The number of aliphatic hydroxyl groups is 1. The Morgan fingerprint density at radius 1 is 1.22 bits per heavy atom. The second-order valence-electron chi connectivity index (χ2n) is 8.29. The molecule has 0 spiro atoms. The maximum Gasteiger partial charge on any atom is 0.282 e. The number of rotatable bonds is 11. The molecule has 0 aliphatic heterocycles. The van der Waals surface area contributed by atoms with E-state index in [9.17, 15) is 22.6 Å². The van der Waals surface area contributed by atoms with Gasteiger partial charge in [0.05, 0.1) is 18.4 Å². The molecule has 180 valence electrons. The van der Waals surface area contributed by atoms with Gasteiger partial charge in [0.25, 0.3) is 5.92 Å². The molecule has 13 heteroatoms. The van der Waals surface area contributed by atoms with Gasteiger partial charge in [0.15, 0.2) is 5.16 Å². The van der Waals surface area contributed by atoms with Gasteiger partial charge in [-0.25, -0.2) is 8.78 Å². The van der Waals surface area contributed by atoms with Crippen LogP contribution in [0.4, 0.5) is 20.7 Å². The van der Waals surface area contributed by atoms with Crippen molar-refractivity contribution in [3.63, 3.8) is 0 Å². The molecule has 0 saturated heterocycles. The monoisotopic (exact) mass is 511 g/mol. The Morgan fingerprint density at radius 2 is 1.88 bits per heavy atom. The van der Waals surface area contributed by atoms with E-state index in [-0.39, 0.29) is 40.2 Å². The lowest BCUT2D eigenvalue weighted by molar-refractivity contribution is 0.0231. The average Bonchev–Trinajstić information content (AvgIpc) is 2.63. The Labute approximate surface area is 195 Å². The van der Waals surface area contributed by atoms with E-state index in [1.54, 1.807) is 0 Å². The highest BCUT2D eigenvalue weighted by atomic mass is 35.5. The van der Waals surface area contributed by atoms with Gasteiger partial charge >= 0.3 is 0 Å². The highest BCUT2D eigenvalue weighted by Crippen LogP contribution is 2.35. The van der Waals surface area contributed by atoms with Gasteiger partial charge in [-0.2, -0.15) is 19.2 Å². The summed E-state index contributed by atoms with van der Waals surface area (Å²) in [5.74, 6) is -3.91. The third kappa shape index (κ3) is 9.10. The van der Waals surface area contributed by atoms with Crippen molar-refractivity contribution in [2.45, 2.75) is 37.4 Å². The molecule has 0 saturated carbocycles. The number of thioether (sulfide) groups is 1. The fraction of sp³-hybridized carbons (Fsp3) is 0.526. The van der Waals surface area contributed by atoms with Crippen LogP contribution in [-0.4, -0.2) is 59.7 Å². The van der Waals surface area contributed by atoms with Crippen LogP contribution in [0.15, 0.2) is 29.4 Å². The minimum Gasteiger partial charge on any atom is -0.394 e. The Morgan fingerprint density at radius 3 is 2.44 bits per heavy atom. The van der Waals surface area contributed by atoms with Gasteiger partial charge in [-0.05, 0) is 24.5 Å². The number of nitrogens with zero attached hydrogens (tertiary/aromatic N) is 3. The van der Waals surface area contributed by atoms with Crippen molar-refractivity contribution in [3.8, 4) is 0 Å². The van der Waals surface area contributed by atoms with Crippen molar-refractivity contribution in [1.82, 2.24) is 15.0 Å². The van der Waals surface area contributed by atoms with E-state index in [1.165, 1.54) is 24.3 Å². The van der Waals surface area contributed by atoms with Gasteiger partial charge in [0.2, 0.25) is 11.9 Å². The molecule has 0 aliphatic rings. The smallest absolute Gasteiger partial charge is 0.282 e. The lowest BCUT2D eigenvalue weighted by atomic mass is 10.0. The Bertz CT molecular complexity index is 996. The van der Waals surface area contributed by atoms with Crippen molar-refractivity contribution in [1.29, 1.82) is 0 Å². The van der Waals surface area contributed by atoms with Gasteiger partial charge in [-0.15, -0.1) is 9.53 Å². The van der Waals surface area contributed by atoms with E-state index in [0.29, 0.717) is 18.2 Å². The predicted octanol–water partition coefficient (Wildman–Crippen LogP) is 4.11. The molecule has 0 aliphatic carbocycles. The summed E-state index contributed by atoms with van der Waals surface area (Å²) in [6.45, 7) is 3.75. The Kier molecular flexibility index (Phi) is 8.43. The molecule has 4 N–H and O–H groups in total. The molecule has 1 atom stereocenters. The second kappa shape index (κ2) is 10.1. The first-order valence-electron chi connectivity index (χ1n) is 9.68. The van der Waals surface area contributed by atoms with Crippen LogP contribution >= 0.6 is 23.4 Å². The van der Waals surface area contributed by atoms with Crippen LogP contribution < -0.4 is 10.0 Å². The summed E-state index contributed by atoms with van der Waals surface area (Å²) in [6.07, 6.45) is 2.74. The molecule has 1 aromatic heterocycles. The number of benzene rings is 1. The molecule has 0 amide bonds. The zero-order valence-corrected chi connectivity index (χ0v) is 20.6. The fourth-order valence-corrected chi connectivity index (χ4v) is 4.26. The van der Waals surface area contributed by atoms with Gasteiger partial charge in [0.1, 0.15) is 0 Å². The molecule has 0 radical (unpaired) electrons. The van der Waals surface area contributed by atoms with Crippen LogP contribution in [0.25, 0.3) is 0 Å². The lowest BCUT2D eigenvalue weighted by Crippen LogP contribution is -2.38. The number of halogens is 3. The van der Waals surface area contributed by atoms with E-state index in [2.05, 4.69) is 25.0 Å². The second-order valence-corrected chi connectivity index (χ2v) is 13.4. The number of anilines is 2. The maximum atomic E-state index is 14.7. The quantitative estimate of drug-likeness (QED) is 0.333. The Balaban J connectivity index is 2.30. The van der Waals surface area contributed by atoms with E-state index in [1.807, 2.05) is 13.8 Å². The van der Waals surface area contributed by atoms with Crippen LogP contribution in [-0.2, 0) is 15.5 Å². The van der Waals surface area contributed by atoms with Crippen LogP contribution in [0.2, 0.25) is 5.02 Å². The molecule has 32 heavy (non-hydrogen) atoms. The Hall–Kier alpha value is -1.60. The molecular weight excluding hydrogens is 484 g/mol. The van der Waals surface area contributed by atoms with Gasteiger partial charge in [0, 0.05) is 23.1 Å². The van der Waals surface area contributed by atoms with Crippen molar-refractivity contribution >= 4 is 44.8 Å². The minimum atomic E-state index is -4.25. The lowest BCUT2D eigenvalue weighted by Gasteiger charge is -2.34. The average molecular weight is 512 g/mol. The fourth-order valence-electron chi connectivity index (χ4n) is 2.68. The standard InChI is InChI=1S/C19H28ClF2N5O3S2/c1-12(2)8-15(10-28)23-16-24-17(27-32(3,4,29)30)26-18(25-16)31-11-19(21,22)13-6-5-7-14(20)9-13/h5-7,9,12,15,28H,8,10-11H2,1-4H3,(H3,23,24,25,26,27,29,30)/t15-/m1/s1. The molecule has 0 unspecified atom stereocenters. The molecule has 1 heterocycles. The first-order chi connectivity index (χ1) is 14.6. The first-order valence-corrected chi connectivity index (χ1v) is 13.8. The summed E-state index contributed by atoms with van der Waals surface area (Å²) in [7, 11) is -4.25. The SMILES string of the molecule is CC(C)C[C@H](CO)Nc1nc(NS(C)(C)(=O)O)nc(SCC(F)(F)c2cccc(Cl)c2)n1. The van der Waals surface area contributed by atoms with Crippen LogP contribution in [0, 0.1) is 5.92 Å². The third-order valence-electron chi connectivity index (χ3n) is 3.94. The van der Waals surface area contributed by atoms with Gasteiger partial charge in [-0.3, -0.25) is 9.27 Å². The molecule has 0 fully saturated rings. The summed E-state index contributed by atoms with van der Waals surface area (Å²) in [4.78, 5) is 12.2. The zero-order chi connectivity index (χ0) is 24.2. The largest absolute Gasteiger partial charge is 0.394 e. The predicted molar refractivity (Wildman–Crippen MR) is 126 cm³/mol.